The molecule has 0 bridgehead atoms. The molecule has 170 valence electrons. The SMILES string of the molecule is CC(C)(C)OC(=O)N[C@H]1CCCN(C(=O)c2cccc(B3OC(C)(C)C(C)(C)O3)c2)C1. The van der Waals surface area contributed by atoms with Gasteiger partial charge in [0, 0.05) is 24.7 Å². The minimum absolute atomic E-state index is 0.0611. The monoisotopic (exact) mass is 430 g/mol. The zero-order valence-electron chi connectivity index (χ0n) is 19.8. The van der Waals surface area contributed by atoms with Crippen LogP contribution in [0.4, 0.5) is 4.79 Å². The number of ether oxygens (including phenoxy) is 1. The molecular formula is C23H35BN2O5. The van der Waals surface area contributed by atoms with Gasteiger partial charge < -0.3 is 24.3 Å². The molecule has 1 atom stereocenters. The number of hydrogen-bond donors (Lipinski definition) is 1. The molecule has 0 aromatic heterocycles. The van der Waals surface area contributed by atoms with Crippen molar-refractivity contribution in [2.45, 2.75) is 84.2 Å². The third-order valence-corrected chi connectivity index (χ3v) is 6.09. The highest BCUT2D eigenvalue weighted by atomic mass is 16.7. The number of nitrogens with zero attached hydrogens (tertiary/aromatic N) is 1. The Bertz CT molecular complexity index is 818. The molecule has 2 saturated heterocycles. The lowest BCUT2D eigenvalue weighted by molar-refractivity contribution is 0.00578. The molecule has 1 N–H and O–H groups in total. The van der Waals surface area contributed by atoms with E-state index in [0.29, 0.717) is 18.7 Å². The molecule has 2 fully saturated rings. The maximum absolute atomic E-state index is 13.2. The molecule has 0 radical (unpaired) electrons. The number of carbonyl (C=O) groups excluding carboxylic acids is 2. The minimum Gasteiger partial charge on any atom is -0.444 e. The van der Waals surface area contributed by atoms with Gasteiger partial charge in [-0.2, -0.15) is 0 Å². The molecule has 0 unspecified atom stereocenters. The van der Waals surface area contributed by atoms with Crippen LogP contribution < -0.4 is 10.8 Å². The van der Waals surface area contributed by atoms with Crippen LogP contribution in [-0.4, -0.2) is 60.0 Å². The molecule has 0 spiro atoms. The average Bonchev–Trinajstić information content (AvgIpc) is 2.87. The van der Waals surface area contributed by atoms with E-state index in [9.17, 15) is 9.59 Å². The molecule has 0 saturated carbocycles. The fraction of sp³-hybridized carbons (Fsp3) is 0.652. The second-order valence-corrected chi connectivity index (χ2v) is 10.5. The summed E-state index contributed by atoms with van der Waals surface area (Å²) < 4.78 is 17.6. The van der Waals surface area contributed by atoms with Crippen molar-refractivity contribution >= 4 is 24.6 Å². The highest BCUT2D eigenvalue weighted by molar-refractivity contribution is 6.62. The first-order valence-corrected chi connectivity index (χ1v) is 11.0. The van der Waals surface area contributed by atoms with E-state index in [-0.39, 0.29) is 11.9 Å². The molecule has 8 heteroatoms. The molecule has 2 aliphatic rings. The third-order valence-electron chi connectivity index (χ3n) is 6.09. The van der Waals surface area contributed by atoms with Crippen molar-refractivity contribution in [1.82, 2.24) is 10.2 Å². The number of rotatable bonds is 3. The summed E-state index contributed by atoms with van der Waals surface area (Å²) in [6.07, 6.45) is 1.19. The Balaban J connectivity index is 1.66. The number of amides is 2. The molecule has 2 aliphatic heterocycles. The summed E-state index contributed by atoms with van der Waals surface area (Å²) in [6.45, 7) is 14.6. The van der Waals surface area contributed by atoms with Crippen molar-refractivity contribution in [3.63, 3.8) is 0 Å². The van der Waals surface area contributed by atoms with Crippen LogP contribution in [-0.2, 0) is 14.0 Å². The van der Waals surface area contributed by atoms with Crippen molar-refractivity contribution in [3.8, 4) is 0 Å². The first-order chi connectivity index (χ1) is 14.3. The lowest BCUT2D eigenvalue weighted by Gasteiger charge is -2.33. The highest BCUT2D eigenvalue weighted by Crippen LogP contribution is 2.36. The smallest absolute Gasteiger partial charge is 0.444 e. The molecule has 0 aliphatic carbocycles. The Labute approximate surface area is 185 Å². The van der Waals surface area contributed by atoms with E-state index < -0.39 is 30.0 Å². The zero-order chi connectivity index (χ0) is 23.0. The number of benzene rings is 1. The van der Waals surface area contributed by atoms with Crippen LogP contribution in [0.15, 0.2) is 24.3 Å². The predicted molar refractivity (Wildman–Crippen MR) is 120 cm³/mol. The Morgan fingerprint density at radius 3 is 2.42 bits per heavy atom. The predicted octanol–water partition coefficient (Wildman–Crippen LogP) is 3.12. The summed E-state index contributed by atoms with van der Waals surface area (Å²) in [7, 11) is -0.513. The average molecular weight is 430 g/mol. The van der Waals surface area contributed by atoms with Gasteiger partial charge in [-0.3, -0.25) is 4.79 Å². The standard InChI is InChI=1S/C23H35BN2O5/c1-21(2,3)29-20(28)25-18-12-9-13-26(15-18)19(27)16-10-8-11-17(14-16)24-30-22(4,5)23(6,7)31-24/h8,10-11,14,18H,9,12-13,15H2,1-7H3,(H,25,28)/t18-/m0/s1. The van der Waals surface area contributed by atoms with Crippen LogP contribution in [0.25, 0.3) is 0 Å². The van der Waals surface area contributed by atoms with Crippen LogP contribution in [0.5, 0.6) is 0 Å². The Morgan fingerprint density at radius 2 is 1.81 bits per heavy atom. The van der Waals surface area contributed by atoms with Crippen LogP contribution in [0, 0.1) is 0 Å². The van der Waals surface area contributed by atoms with Crippen LogP contribution in [0.3, 0.4) is 0 Å². The fourth-order valence-corrected chi connectivity index (χ4v) is 3.73. The molecule has 1 aromatic carbocycles. The van der Waals surface area contributed by atoms with Gasteiger partial charge in [0.1, 0.15) is 5.60 Å². The van der Waals surface area contributed by atoms with Gasteiger partial charge >= 0.3 is 13.2 Å². The van der Waals surface area contributed by atoms with Gasteiger partial charge in [0.05, 0.1) is 11.2 Å². The van der Waals surface area contributed by atoms with E-state index >= 15 is 0 Å². The van der Waals surface area contributed by atoms with Crippen molar-refractivity contribution in [1.29, 1.82) is 0 Å². The summed E-state index contributed by atoms with van der Waals surface area (Å²) >= 11 is 0. The number of alkyl carbamates (subject to hydrolysis) is 1. The van der Waals surface area contributed by atoms with Gasteiger partial charge in [-0.05, 0) is 78.9 Å². The van der Waals surface area contributed by atoms with Gasteiger partial charge in [-0.15, -0.1) is 0 Å². The van der Waals surface area contributed by atoms with Gasteiger partial charge in [0.25, 0.3) is 5.91 Å². The van der Waals surface area contributed by atoms with Crippen molar-refractivity contribution < 1.29 is 23.6 Å². The Morgan fingerprint density at radius 1 is 1.16 bits per heavy atom. The van der Waals surface area contributed by atoms with E-state index in [1.54, 1.807) is 4.90 Å². The molecule has 1 aromatic rings. The number of likely N-dealkylation sites (tertiary alicyclic amines) is 1. The maximum atomic E-state index is 13.2. The second-order valence-electron chi connectivity index (χ2n) is 10.5. The van der Waals surface area contributed by atoms with Gasteiger partial charge in [0.2, 0.25) is 0 Å². The molecule has 3 rings (SSSR count). The Kier molecular flexibility index (Phi) is 6.45. The largest absolute Gasteiger partial charge is 0.494 e. The first-order valence-electron chi connectivity index (χ1n) is 11.0. The second kappa shape index (κ2) is 8.47. The van der Waals surface area contributed by atoms with E-state index in [4.69, 9.17) is 14.0 Å². The topological polar surface area (TPSA) is 77.1 Å². The normalized spacial score (nSPS) is 22.9. The third kappa shape index (κ3) is 5.60. The molecule has 7 nitrogen and oxygen atoms in total. The molecule has 2 heterocycles. The van der Waals surface area contributed by atoms with E-state index in [1.807, 2.05) is 72.7 Å². The van der Waals surface area contributed by atoms with Crippen molar-refractivity contribution in [3.05, 3.63) is 29.8 Å². The number of nitrogens with one attached hydrogen (secondary N) is 1. The van der Waals surface area contributed by atoms with E-state index in [0.717, 1.165) is 18.3 Å². The van der Waals surface area contributed by atoms with Crippen molar-refractivity contribution in [2.24, 2.45) is 0 Å². The number of piperidine rings is 1. The zero-order valence-corrected chi connectivity index (χ0v) is 19.8. The lowest BCUT2D eigenvalue weighted by atomic mass is 9.78. The number of carbonyl (C=O) groups is 2. The van der Waals surface area contributed by atoms with E-state index in [2.05, 4.69) is 5.32 Å². The van der Waals surface area contributed by atoms with E-state index in [1.165, 1.54) is 0 Å². The van der Waals surface area contributed by atoms with Crippen LogP contribution >= 0.6 is 0 Å². The molecular weight excluding hydrogens is 395 g/mol. The Hall–Kier alpha value is -2.06. The summed E-state index contributed by atoms with van der Waals surface area (Å²) in [6, 6.07) is 7.30. The fourth-order valence-electron chi connectivity index (χ4n) is 3.73. The summed E-state index contributed by atoms with van der Waals surface area (Å²) in [4.78, 5) is 27.1. The quantitative estimate of drug-likeness (QED) is 0.746. The highest BCUT2D eigenvalue weighted by Gasteiger charge is 2.51. The summed E-state index contributed by atoms with van der Waals surface area (Å²) in [5.41, 5.74) is -0.0200. The maximum Gasteiger partial charge on any atom is 0.494 e. The van der Waals surface area contributed by atoms with Crippen molar-refractivity contribution in [2.75, 3.05) is 13.1 Å². The first kappa shape index (κ1) is 23.6. The lowest BCUT2D eigenvalue weighted by Crippen LogP contribution is -2.50. The van der Waals surface area contributed by atoms with Crippen LogP contribution in [0.1, 0.15) is 71.7 Å². The number of hydrogen-bond acceptors (Lipinski definition) is 5. The summed E-state index contributed by atoms with van der Waals surface area (Å²) in [5.74, 6) is -0.0611. The van der Waals surface area contributed by atoms with Gasteiger partial charge in [-0.1, -0.05) is 12.1 Å². The van der Waals surface area contributed by atoms with Gasteiger partial charge in [-0.25, -0.2) is 4.79 Å². The minimum atomic E-state index is -0.553. The molecule has 2 amide bonds. The van der Waals surface area contributed by atoms with Crippen LogP contribution in [0.2, 0.25) is 0 Å². The summed E-state index contributed by atoms with van der Waals surface area (Å²) in [5, 5.41) is 2.89. The van der Waals surface area contributed by atoms with Gasteiger partial charge in [0.15, 0.2) is 0 Å². The molecule has 31 heavy (non-hydrogen) atoms.